The maximum atomic E-state index is 4.29. The van der Waals surface area contributed by atoms with Crippen molar-refractivity contribution in [3.63, 3.8) is 0 Å². The Hall–Kier alpha value is -1.25. The summed E-state index contributed by atoms with van der Waals surface area (Å²) < 4.78 is 0. The van der Waals surface area contributed by atoms with Gasteiger partial charge in [0.1, 0.15) is 5.82 Å². The highest BCUT2D eigenvalue weighted by molar-refractivity contribution is 5.51. The van der Waals surface area contributed by atoms with Crippen molar-refractivity contribution in [2.75, 3.05) is 24.7 Å². The van der Waals surface area contributed by atoms with Gasteiger partial charge in [-0.1, -0.05) is 0 Å². The monoisotopic (exact) mass is 151 g/mol. The van der Waals surface area contributed by atoms with E-state index in [4.69, 9.17) is 0 Å². The van der Waals surface area contributed by atoms with Gasteiger partial charge in [0.15, 0.2) is 0 Å². The van der Waals surface area contributed by atoms with E-state index in [2.05, 4.69) is 15.6 Å². The first-order chi connectivity index (χ1) is 5.27. The smallest absolute Gasteiger partial charge is 0.126 e. The minimum Gasteiger partial charge on any atom is -0.387 e. The number of aryl methyl sites for hydroxylation is 1. The molecule has 0 fully saturated rings. The Balaban J connectivity index is 2.99. The lowest BCUT2D eigenvalue weighted by molar-refractivity contribution is 1.18. The van der Waals surface area contributed by atoms with E-state index in [1.807, 2.05) is 33.2 Å². The first-order valence-corrected chi connectivity index (χ1v) is 3.61. The summed E-state index contributed by atoms with van der Waals surface area (Å²) in [6.07, 6.45) is 0. The highest BCUT2D eigenvalue weighted by Crippen LogP contribution is 2.13. The van der Waals surface area contributed by atoms with E-state index in [9.17, 15) is 0 Å². The van der Waals surface area contributed by atoms with Gasteiger partial charge in [0.25, 0.3) is 0 Å². The molecule has 0 spiro atoms. The van der Waals surface area contributed by atoms with E-state index in [0.717, 1.165) is 17.2 Å². The van der Waals surface area contributed by atoms with Crippen LogP contribution in [-0.2, 0) is 0 Å². The summed E-state index contributed by atoms with van der Waals surface area (Å²) in [4.78, 5) is 4.29. The summed E-state index contributed by atoms with van der Waals surface area (Å²) >= 11 is 0. The second kappa shape index (κ2) is 3.23. The topological polar surface area (TPSA) is 37.0 Å². The predicted octanol–water partition coefficient (Wildman–Crippen LogP) is 1.47. The zero-order valence-corrected chi connectivity index (χ0v) is 7.10. The third kappa shape index (κ3) is 1.61. The fourth-order valence-electron chi connectivity index (χ4n) is 0.965. The van der Waals surface area contributed by atoms with E-state index >= 15 is 0 Å². The number of hydrogen-bond donors (Lipinski definition) is 2. The minimum atomic E-state index is 0.904. The van der Waals surface area contributed by atoms with Crippen LogP contribution < -0.4 is 10.6 Å². The summed E-state index contributed by atoms with van der Waals surface area (Å²) in [6, 6.07) is 3.95. The van der Waals surface area contributed by atoms with Crippen LogP contribution in [0, 0.1) is 6.92 Å². The molecule has 3 nitrogen and oxygen atoms in total. The van der Waals surface area contributed by atoms with Crippen LogP contribution in [0.2, 0.25) is 0 Å². The van der Waals surface area contributed by atoms with Crippen LogP contribution in [0.15, 0.2) is 12.1 Å². The normalized spacial score (nSPS) is 9.36. The molecule has 0 saturated carbocycles. The molecule has 0 aliphatic carbocycles. The average Bonchev–Trinajstić information content (AvgIpc) is 2.04. The quantitative estimate of drug-likeness (QED) is 0.672. The zero-order chi connectivity index (χ0) is 8.27. The van der Waals surface area contributed by atoms with E-state index in [1.54, 1.807) is 0 Å². The lowest BCUT2D eigenvalue weighted by Crippen LogP contribution is -1.97. The predicted molar refractivity (Wildman–Crippen MR) is 48.1 cm³/mol. The second-order valence-corrected chi connectivity index (χ2v) is 2.33. The molecule has 0 radical (unpaired) electrons. The van der Waals surface area contributed by atoms with Crippen LogP contribution in [-0.4, -0.2) is 19.1 Å². The van der Waals surface area contributed by atoms with E-state index in [1.165, 1.54) is 0 Å². The maximum Gasteiger partial charge on any atom is 0.126 e. The molecule has 1 aromatic rings. The van der Waals surface area contributed by atoms with Crippen molar-refractivity contribution >= 4 is 11.5 Å². The SMILES string of the molecule is CNc1ccc(NC)c(C)n1. The molecule has 1 heterocycles. The highest BCUT2D eigenvalue weighted by atomic mass is 15.0. The van der Waals surface area contributed by atoms with Gasteiger partial charge in [-0.3, -0.25) is 0 Å². The molecule has 0 aliphatic heterocycles. The fourth-order valence-corrected chi connectivity index (χ4v) is 0.965. The van der Waals surface area contributed by atoms with Crippen LogP contribution in [0.5, 0.6) is 0 Å². The summed E-state index contributed by atoms with van der Waals surface area (Å²) in [6.45, 7) is 1.98. The van der Waals surface area contributed by atoms with Crippen LogP contribution in [0.3, 0.4) is 0 Å². The third-order valence-electron chi connectivity index (χ3n) is 1.61. The molecule has 0 unspecified atom stereocenters. The summed E-state index contributed by atoms with van der Waals surface area (Å²) in [5.74, 6) is 0.904. The van der Waals surface area contributed by atoms with Crippen LogP contribution in [0.1, 0.15) is 5.69 Å². The number of hydrogen-bond acceptors (Lipinski definition) is 3. The molecule has 1 aromatic heterocycles. The van der Waals surface area contributed by atoms with Gasteiger partial charge in [-0.25, -0.2) is 4.98 Å². The van der Waals surface area contributed by atoms with E-state index in [-0.39, 0.29) is 0 Å². The van der Waals surface area contributed by atoms with E-state index < -0.39 is 0 Å². The standard InChI is InChI=1S/C8H13N3/c1-6-7(9-2)4-5-8(10-3)11-6/h4-5,9H,1-3H3,(H,10,11). The second-order valence-electron chi connectivity index (χ2n) is 2.33. The largest absolute Gasteiger partial charge is 0.387 e. The Morgan fingerprint density at radius 2 is 1.91 bits per heavy atom. The molecule has 0 amide bonds. The number of pyridine rings is 1. The number of nitrogens with one attached hydrogen (secondary N) is 2. The Morgan fingerprint density at radius 3 is 2.36 bits per heavy atom. The maximum absolute atomic E-state index is 4.29. The molecular weight excluding hydrogens is 138 g/mol. The van der Waals surface area contributed by atoms with Crippen molar-refractivity contribution in [2.45, 2.75) is 6.92 Å². The fraction of sp³-hybridized carbons (Fsp3) is 0.375. The molecule has 0 aliphatic rings. The first-order valence-electron chi connectivity index (χ1n) is 3.61. The molecule has 0 atom stereocenters. The van der Waals surface area contributed by atoms with Crippen molar-refractivity contribution in [3.05, 3.63) is 17.8 Å². The Bertz CT molecular complexity index is 245. The highest BCUT2D eigenvalue weighted by Gasteiger charge is 1.96. The van der Waals surface area contributed by atoms with Gasteiger partial charge in [-0.15, -0.1) is 0 Å². The molecule has 2 N–H and O–H groups in total. The Morgan fingerprint density at radius 1 is 1.18 bits per heavy atom. The average molecular weight is 151 g/mol. The number of aromatic nitrogens is 1. The van der Waals surface area contributed by atoms with Gasteiger partial charge in [0, 0.05) is 14.1 Å². The van der Waals surface area contributed by atoms with Gasteiger partial charge >= 0.3 is 0 Å². The Kier molecular flexibility index (Phi) is 2.31. The molecule has 0 saturated heterocycles. The van der Waals surface area contributed by atoms with Gasteiger partial charge < -0.3 is 10.6 Å². The molecule has 1 rings (SSSR count). The number of rotatable bonds is 2. The number of anilines is 2. The molecule has 3 heteroatoms. The van der Waals surface area contributed by atoms with Crippen molar-refractivity contribution in [3.8, 4) is 0 Å². The van der Waals surface area contributed by atoms with E-state index in [0.29, 0.717) is 0 Å². The van der Waals surface area contributed by atoms with Crippen LogP contribution in [0.4, 0.5) is 11.5 Å². The Labute approximate surface area is 66.8 Å². The third-order valence-corrected chi connectivity index (χ3v) is 1.61. The van der Waals surface area contributed by atoms with Gasteiger partial charge in [-0.2, -0.15) is 0 Å². The molecule has 0 aromatic carbocycles. The summed E-state index contributed by atoms with van der Waals surface area (Å²) in [5, 5.41) is 6.04. The van der Waals surface area contributed by atoms with Crippen LogP contribution >= 0.6 is 0 Å². The lowest BCUT2D eigenvalue weighted by Gasteiger charge is -2.05. The van der Waals surface area contributed by atoms with Crippen molar-refractivity contribution in [2.24, 2.45) is 0 Å². The minimum absolute atomic E-state index is 0.904. The summed E-state index contributed by atoms with van der Waals surface area (Å²) in [7, 11) is 3.75. The molecule has 11 heavy (non-hydrogen) atoms. The van der Waals surface area contributed by atoms with Crippen molar-refractivity contribution < 1.29 is 0 Å². The van der Waals surface area contributed by atoms with Gasteiger partial charge in [0.05, 0.1) is 11.4 Å². The van der Waals surface area contributed by atoms with Crippen LogP contribution in [0.25, 0.3) is 0 Å². The van der Waals surface area contributed by atoms with Crippen molar-refractivity contribution in [1.82, 2.24) is 4.98 Å². The first kappa shape index (κ1) is 7.85. The number of nitrogens with zero attached hydrogens (tertiary/aromatic N) is 1. The zero-order valence-electron chi connectivity index (χ0n) is 7.10. The summed E-state index contributed by atoms with van der Waals surface area (Å²) in [5.41, 5.74) is 2.09. The lowest BCUT2D eigenvalue weighted by atomic mass is 10.3. The van der Waals surface area contributed by atoms with Gasteiger partial charge in [-0.05, 0) is 19.1 Å². The van der Waals surface area contributed by atoms with Gasteiger partial charge in [0.2, 0.25) is 0 Å². The molecular formula is C8H13N3. The van der Waals surface area contributed by atoms with Crippen molar-refractivity contribution in [1.29, 1.82) is 0 Å². The molecule has 0 bridgehead atoms. The molecule has 60 valence electrons.